The quantitative estimate of drug-likeness (QED) is 0.346. The van der Waals surface area contributed by atoms with Gasteiger partial charge in [-0.15, -0.1) is 0 Å². The Morgan fingerprint density at radius 1 is 0.814 bits per heavy atom. The molecule has 1 aromatic heterocycles. The summed E-state index contributed by atoms with van der Waals surface area (Å²) in [6.45, 7) is 4.02. The largest absolute Gasteiger partial charge is 0.381 e. The van der Waals surface area contributed by atoms with E-state index in [1.165, 1.54) is 44.8 Å². The predicted octanol–water partition coefficient (Wildman–Crippen LogP) is 5.93. The maximum absolute atomic E-state index is 15.7. The number of benzene rings is 2. The van der Waals surface area contributed by atoms with Crippen LogP contribution in [0, 0.1) is 5.82 Å². The summed E-state index contributed by atoms with van der Waals surface area (Å²) < 4.78 is 47.5. The average Bonchev–Trinajstić information content (AvgIpc) is 3.73. The molecule has 1 saturated carbocycles. The number of hydrogen-bond donors (Lipinski definition) is 0. The van der Waals surface area contributed by atoms with Crippen LogP contribution in [-0.2, 0) is 14.6 Å². The Labute approximate surface area is 254 Å². The van der Waals surface area contributed by atoms with E-state index in [0.29, 0.717) is 23.5 Å². The first kappa shape index (κ1) is 28.2. The Balaban J connectivity index is 0.994. The average molecular weight is 607 g/mol. The van der Waals surface area contributed by atoms with E-state index in [0.717, 1.165) is 92.6 Å². The van der Waals surface area contributed by atoms with Crippen LogP contribution in [0.2, 0.25) is 0 Å². The van der Waals surface area contributed by atoms with Crippen molar-refractivity contribution < 1.29 is 17.5 Å². The van der Waals surface area contributed by atoms with Gasteiger partial charge in [-0.25, -0.2) is 17.8 Å². The number of halogens is 1. The highest BCUT2D eigenvalue weighted by Gasteiger charge is 2.45. The summed E-state index contributed by atoms with van der Waals surface area (Å²) in [6.07, 6.45) is 13.2. The molecule has 5 heterocycles. The maximum Gasteiger partial charge on any atom is 0.175 e. The number of nitrogens with zero attached hydrogens (tertiary/aromatic N) is 4. The minimum absolute atomic E-state index is 0.250. The molecule has 7 nitrogen and oxygen atoms in total. The van der Waals surface area contributed by atoms with E-state index in [9.17, 15) is 8.42 Å². The molecule has 0 amide bonds. The van der Waals surface area contributed by atoms with Crippen molar-refractivity contribution >= 4 is 20.9 Å². The van der Waals surface area contributed by atoms with Gasteiger partial charge in [0.15, 0.2) is 15.7 Å². The van der Waals surface area contributed by atoms with Gasteiger partial charge in [0.2, 0.25) is 0 Å². The molecular weight excluding hydrogens is 563 g/mol. The summed E-state index contributed by atoms with van der Waals surface area (Å²) in [7, 11) is -3.28. The molecule has 2 bridgehead atoms. The van der Waals surface area contributed by atoms with Crippen molar-refractivity contribution in [1.82, 2.24) is 19.4 Å². The number of fused-ring (bicyclic) bond motifs is 3. The van der Waals surface area contributed by atoms with Gasteiger partial charge in [0.25, 0.3) is 0 Å². The smallest absolute Gasteiger partial charge is 0.175 e. The van der Waals surface area contributed by atoms with E-state index in [1.54, 1.807) is 30.3 Å². The number of piperidine rings is 2. The second-order valence-electron chi connectivity index (χ2n) is 13.8. The lowest BCUT2D eigenvalue weighted by Crippen LogP contribution is -2.55. The molecule has 9 heteroatoms. The molecule has 0 spiro atoms. The van der Waals surface area contributed by atoms with Crippen LogP contribution in [0.5, 0.6) is 0 Å². The summed E-state index contributed by atoms with van der Waals surface area (Å²) in [4.78, 5) is 10.7. The summed E-state index contributed by atoms with van der Waals surface area (Å²) >= 11 is 0. The highest BCUT2D eigenvalue weighted by molar-refractivity contribution is 7.90. The van der Waals surface area contributed by atoms with Crippen molar-refractivity contribution in [2.45, 2.75) is 105 Å². The fourth-order valence-corrected chi connectivity index (χ4v) is 9.46. The normalized spacial score (nSPS) is 28.2. The Morgan fingerprint density at radius 3 is 2.09 bits per heavy atom. The molecule has 2 unspecified atom stereocenters. The van der Waals surface area contributed by atoms with Crippen LogP contribution in [0.15, 0.2) is 41.3 Å². The van der Waals surface area contributed by atoms with Crippen molar-refractivity contribution in [2.24, 2.45) is 0 Å². The lowest BCUT2D eigenvalue weighted by Gasteiger charge is -2.48. The van der Waals surface area contributed by atoms with Crippen molar-refractivity contribution in [3.63, 3.8) is 0 Å². The van der Waals surface area contributed by atoms with Crippen LogP contribution in [0.3, 0.4) is 0 Å². The molecule has 5 aliphatic rings. The van der Waals surface area contributed by atoms with E-state index in [1.807, 2.05) is 0 Å². The number of ether oxygens (including phenoxy) is 1. The summed E-state index contributed by atoms with van der Waals surface area (Å²) in [5, 5.41) is 0. The van der Waals surface area contributed by atoms with Crippen molar-refractivity contribution in [3.05, 3.63) is 47.8 Å². The third-order valence-corrected chi connectivity index (χ3v) is 12.2. The zero-order valence-electron chi connectivity index (χ0n) is 25.1. The van der Waals surface area contributed by atoms with Gasteiger partial charge in [0.1, 0.15) is 11.3 Å². The second kappa shape index (κ2) is 10.9. The molecule has 8 rings (SSSR count). The number of hydrogen-bond acceptors (Lipinski definition) is 6. The Kier molecular flexibility index (Phi) is 7.16. The highest BCUT2D eigenvalue weighted by Crippen LogP contribution is 2.44. The molecule has 0 N–H and O–H groups in total. The van der Waals surface area contributed by atoms with Gasteiger partial charge in [-0.2, -0.15) is 0 Å². The highest BCUT2D eigenvalue weighted by atomic mass is 32.2. The van der Waals surface area contributed by atoms with Crippen molar-refractivity contribution in [2.75, 3.05) is 32.6 Å². The zero-order valence-corrected chi connectivity index (χ0v) is 25.9. The first-order valence-corrected chi connectivity index (χ1v) is 18.3. The lowest BCUT2D eigenvalue weighted by molar-refractivity contribution is -0.0221. The number of rotatable bonds is 6. The molecule has 3 aromatic rings. The molecule has 0 radical (unpaired) electrons. The molecule has 4 aliphatic heterocycles. The molecule has 230 valence electrons. The van der Waals surface area contributed by atoms with Gasteiger partial charge >= 0.3 is 0 Å². The van der Waals surface area contributed by atoms with Crippen LogP contribution in [0.25, 0.3) is 22.4 Å². The molecule has 4 saturated heterocycles. The van der Waals surface area contributed by atoms with Gasteiger partial charge in [-0.3, -0.25) is 4.90 Å². The molecule has 5 fully saturated rings. The van der Waals surface area contributed by atoms with Gasteiger partial charge in [-0.05, 0) is 125 Å². The van der Waals surface area contributed by atoms with Crippen LogP contribution < -0.4 is 0 Å². The predicted molar refractivity (Wildman–Crippen MR) is 166 cm³/mol. The first-order valence-electron chi connectivity index (χ1n) is 16.4. The summed E-state index contributed by atoms with van der Waals surface area (Å²) in [6, 6.07) is 14.0. The van der Waals surface area contributed by atoms with Crippen molar-refractivity contribution in [1.29, 1.82) is 0 Å². The van der Waals surface area contributed by atoms with E-state index in [2.05, 4.69) is 20.4 Å². The van der Waals surface area contributed by atoms with E-state index in [-0.39, 0.29) is 10.7 Å². The van der Waals surface area contributed by atoms with E-state index < -0.39 is 9.84 Å². The first-order chi connectivity index (χ1) is 20.8. The SMILES string of the molecule is CS(=O)(=O)c1ccc(-c2nc3c(F)cc(C4CCN(C5CC6CCC(C5)N6C5CCOCC5)CC4)cc3n2C2CC2)cc1. The standard InChI is InChI=1S/C34H43FN4O3S/c1-43(40,41)30-8-2-23(3-9-30)34-36-33-31(35)18-24(19-32(33)39(34)25-4-5-25)22-10-14-37(15-11-22)29-20-27-6-7-28(21-29)38(27)26-12-16-42-17-13-26/h2-3,8-9,18-19,22,25-29H,4-7,10-17,20-21H2,1H3. The minimum Gasteiger partial charge on any atom is -0.381 e. The second-order valence-corrected chi connectivity index (χ2v) is 15.8. The summed E-state index contributed by atoms with van der Waals surface area (Å²) in [5.41, 5.74) is 3.21. The van der Waals surface area contributed by atoms with Gasteiger partial charge in [0, 0.05) is 55.2 Å². The van der Waals surface area contributed by atoms with Crippen LogP contribution in [0.1, 0.15) is 81.7 Å². The van der Waals surface area contributed by atoms with Crippen LogP contribution in [-0.4, -0.2) is 84.5 Å². The molecular formula is C34H43FN4O3S. The van der Waals surface area contributed by atoms with Crippen LogP contribution in [0.4, 0.5) is 4.39 Å². The summed E-state index contributed by atoms with van der Waals surface area (Å²) in [5.74, 6) is 0.833. The molecule has 43 heavy (non-hydrogen) atoms. The molecule has 2 aromatic carbocycles. The Bertz CT molecular complexity index is 1590. The number of sulfone groups is 1. The van der Waals surface area contributed by atoms with E-state index >= 15 is 4.39 Å². The van der Waals surface area contributed by atoms with E-state index in [4.69, 9.17) is 9.72 Å². The molecule has 1 aliphatic carbocycles. The minimum atomic E-state index is -3.28. The number of likely N-dealkylation sites (tertiary alicyclic amines) is 1. The van der Waals surface area contributed by atoms with Crippen molar-refractivity contribution in [3.8, 4) is 11.4 Å². The van der Waals surface area contributed by atoms with Gasteiger partial charge in [0.05, 0.1) is 10.4 Å². The van der Waals surface area contributed by atoms with Gasteiger partial charge < -0.3 is 14.2 Å². The molecule has 2 atom stereocenters. The fourth-order valence-electron chi connectivity index (χ4n) is 8.83. The number of imidazole rings is 1. The monoisotopic (exact) mass is 606 g/mol. The Morgan fingerprint density at radius 2 is 1.47 bits per heavy atom. The Hall–Kier alpha value is -2.33. The zero-order chi connectivity index (χ0) is 29.3. The third-order valence-electron chi connectivity index (χ3n) is 11.1. The third kappa shape index (κ3) is 5.24. The number of aromatic nitrogens is 2. The van der Waals surface area contributed by atoms with Crippen LogP contribution >= 0.6 is 0 Å². The van der Waals surface area contributed by atoms with Gasteiger partial charge in [-0.1, -0.05) is 0 Å². The lowest BCUT2D eigenvalue weighted by atomic mass is 9.86. The fraction of sp³-hybridized carbons (Fsp3) is 0.618. The topological polar surface area (TPSA) is 67.7 Å². The maximum atomic E-state index is 15.7.